The van der Waals surface area contributed by atoms with E-state index in [0.29, 0.717) is 6.04 Å². The summed E-state index contributed by atoms with van der Waals surface area (Å²) in [4.78, 5) is 16.6. The van der Waals surface area contributed by atoms with Crippen molar-refractivity contribution in [1.29, 1.82) is 0 Å². The number of aromatic carboxylic acids is 1. The van der Waals surface area contributed by atoms with Gasteiger partial charge in [-0.25, -0.2) is 4.79 Å². The maximum Gasteiger partial charge on any atom is 0.352 e. The zero-order chi connectivity index (χ0) is 15.8. The molecule has 0 radical (unpaired) electrons. The first kappa shape index (κ1) is 14.6. The molecule has 0 amide bonds. The fraction of sp³-hybridized carbons (Fsp3) is 0.500. The van der Waals surface area contributed by atoms with Gasteiger partial charge in [0.2, 0.25) is 0 Å². The Bertz CT molecular complexity index is 712. The molecule has 1 aliphatic heterocycles. The number of likely N-dealkylation sites (tertiary alicyclic amines) is 1. The number of hydrogen-bond donors (Lipinski definition) is 3. The molecule has 4 rings (SSSR count). The second-order valence-corrected chi connectivity index (χ2v) is 6.95. The zero-order valence-electron chi connectivity index (χ0n) is 13.2. The van der Waals surface area contributed by atoms with Crippen LogP contribution < -0.4 is 5.32 Å². The third-order valence-corrected chi connectivity index (χ3v) is 5.02. The number of carboxylic acids is 1. The van der Waals surface area contributed by atoms with Crippen LogP contribution in [0.25, 0.3) is 10.9 Å². The highest BCUT2D eigenvalue weighted by molar-refractivity contribution is 5.94. The third-order valence-electron chi connectivity index (χ3n) is 5.02. The first-order valence-corrected chi connectivity index (χ1v) is 8.52. The number of carboxylic acid groups (broad SMARTS) is 1. The van der Waals surface area contributed by atoms with Gasteiger partial charge in [0.05, 0.1) is 0 Å². The smallest absolute Gasteiger partial charge is 0.352 e. The van der Waals surface area contributed by atoms with Crippen molar-refractivity contribution in [2.24, 2.45) is 5.92 Å². The molecule has 2 fully saturated rings. The van der Waals surface area contributed by atoms with Crippen molar-refractivity contribution in [3.63, 3.8) is 0 Å². The largest absolute Gasteiger partial charge is 0.477 e. The standard InChI is InChI=1S/C18H23N3O2/c22-18(23)17-10-13-9-15(3-4-16(13)20-17)19-14-5-7-21(8-6-14)11-12-1-2-12/h3-4,9-10,12,14,19-20H,1-2,5-8,11H2,(H,22,23). The molecule has 1 aromatic heterocycles. The lowest BCUT2D eigenvalue weighted by atomic mass is 10.0. The van der Waals surface area contributed by atoms with Gasteiger partial charge >= 0.3 is 5.97 Å². The monoisotopic (exact) mass is 313 g/mol. The van der Waals surface area contributed by atoms with Crippen LogP contribution in [-0.2, 0) is 0 Å². The number of benzene rings is 1. The molecule has 0 bridgehead atoms. The van der Waals surface area contributed by atoms with Crippen LogP contribution in [0, 0.1) is 5.92 Å². The number of hydrogen-bond acceptors (Lipinski definition) is 3. The number of nitrogens with one attached hydrogen (secondary N) is 2. The summed E-state index contributed by atoms with van der Waals surface area (Å²) in [6, 6.07) is 8.23. The van der Waals surface area contributed by atoms with Gasteiger partial charge in [0.1, 0.15) is 5.69 Å². The van der Waals surface area contributed by atoms with E-state index < -0.39 is 5.97 Å². The van der Waals surface area contributed by atoms with E-state index in [4.69, 9.17) is 5.11 Å². The summed E-state index contributed by atoms with van der Waals surface area (Å²) in [5.41, 5.74) is 2.19. The van der Waals surface area contributed by atoms with Gasteiger partial charge in [-0.15, -0.1) is 0 Å². The number of aromatic nitrogens is 1. The van der Waals surface area contributed by atoms with E-state index in [0.717, 1.165) is 22.5 Å². The number of carbonyl (C=O) groups is 1. The van der Waals surface area contributed by atoms with Gasteiger partial charge in [-0.2, -0.15) is 0 Å². The Morgan fingerprint density at radius 2 is 2.00 bits per heavy atom. The molecule has 23 heavy (non-hydrogen) atoms. The van der Waals surface area contributed by atoms with Crippen LogP contribution in [0.3, 0.4) is 0 Å². The van der Waals surface area contributed by atoms with Crippen molar-refractivity contribution >= 4 is 22.6 Å². The van der Waals surface area contributed by atoms with E-state index in [-0.39, 0.29) is 5.69 Å². The summed E-state index contributed by atoms with van der Waals surface area (Å²) in [6.07, 6.45) is 5.21. The van der Waals surface area contributed by atoms with E-state index in [1.807, 2.05) is 18.2 Å². The lowest BCUT2D eigenvalue weighted by Gasteiger charge is -2.32. The Morgan fingerprint density at radius 1 is 1.22 bits per heavy atom. The molecule has 0 atom stereocenters. The van der Waals surface area contributed by atoms with Crippen molar-refractivity contribution in [2.45, 2.75) is 31.7 Å². The fourth-order valence-electron chi connectivity index (χ4n) is 3.50. The number of fused-ring (bicyclic) bond motifs is 1. The van der Waals surface area contributed by atoms with Gasteiger partial charge in [-0.05, 0) is 55.9 Å². The number of piperidine rings is 1. The van der Waals surface area contributed by atoms with Crippen LogP contribution in [0.4, 0.5) is 5.69 Å². The molecule has 1 aliphatic carbocycles. The lowest BCUT2D eigenvalue weighted by molar-refractivity contribution is 0.0691. The van der Waals surface area contributed by atoms with E-state index in [9.17, 15) is 4.79 Å². The Kier molecular flexibility index (Phi) is 3.73. The second kappa shape index (κ2) is 5.89. The van der Waals surface area contributed by atoms with Crippen LogP contribution >= 0.6 is 0 Å². The van der Waals surface area contributed by atoms with E-state index in [1.165, 1.54) is 45.3 Å². The maximum atomic E-state index is 11.0. The molecule has 2 aliphatic rings. The molecule has 5 nitrogen and oxygen atoms in total. The molecule has 0 unspecified atom stereocenters. The van der Waals surface area contributed by atoms with Gasteiger partial charge in [0.25, 0.3) is 0 Å². The van der Waals surface area contributed by atoms with Crippen LogP contribution in [0.5, 0.6) is 0 Å². The molecule has 2 aromatic rings. The topological polar surface area (TPSA) is 68.4 Å². The van der Waals surface area contributed by atoms with E-state index >= 15 is 0 Å². The van der Waals surface area contributed by atoms with E-state index in [2.05, 4.69) is 15.2 Å². The highest BCUT2D eigenvalue weighted by Crippen LogP contribution is 2.31. The average molecular weight is 313 g/mol. The van der Waals surface area contributed by atoms with Gasteiger partial charge < -0.3 is 20.3 Å². The van der Waals surface area contributed by atoms with Gasteiger partial charge in [-0.1, -0.05) is 0 Å². The minimum absolute atomic E-state index is 0.241. The van der Waals surface area contributed by atoms with Crippen LogP contribution in [0.2, 0.25) is 0 Å². The number of anilines is 1. The van der Waals surface area contributed by atoms with Crippen molar-refractivity contribution in [3.05, 3.63) is 30.0 Å². The molecule has 1 aromatic carbocycles. The Hall–Kier alpha value is -2.01. The molecule has 3 N–H and O–H groups in total. The summed E-state index contributed by atoms with van der Waals surface area (Å²) >= 11 is 0. The first-order chi connectivity index (χ1) is 11.2. The Balaban J connectivity index is 1.38. The number of rotatable bonds is 5. The van der Waals surface area contributed by atoms with Crippen molar-refractivity contribution in [1.82, 2.24) is 9.88 Å². The predicted octanol–water partition coefficient (Wildman–Crippen LogP) is 3.15. The lowest BCUT2D eigenvalue weighted by Crippen LogP contribution is -2.39. The maximum absolute atomic E-state index is 11.0. The van der Waals surface area contributed by atoms with Crippen molar-refractivity contribution in [2.75, 3.05) is 25.0 Å². The van der Waals surface area contributed by atoms with Crippen molar-refractivity contribution in [3.8, 4) is 0 Å². The molecule has 122 valence electrons. The molecular formula is C18H23N3O2. The Labute approximate surface area is 135 Å². The minimum Gasteiger partial charge on any atom is -0.477 e. The molecule has 5 heteroatoms. The fourth-order valence-corrected chi connectivity index (χ4v) is 3.50. The number of H-pyrrole nitrogens is 1. The van der Waals surface area contributed by atoms with E-state index in [1.54, 1.807) is 6.07 Å². The molecular weight excluding hydrogens is 290 g/mol. The quantitative estimate of drug-likeness (QED) is 0.793. The highest BCUT2D eigenvalue weighted by atomic mass is 16.4. The number of nitrogens with zero attached hydrogens (tertiary/aromatic N) is 1. The zero-order valence-corrected chi connectivity index (χ0v) is 13.2. The summed E-state index contributed by atoms with van der Waals surface area (Å²) in [5, 5.41) is 13.6. The van der Waals surface area contributed by atoms with Gasteiger partial charge in [-0.3, -0.25) is 0 Å². The minimum atomic E-state index is -0.918. The molecule has 2 heterocycles. The van der Waals surface area contributed by atoms with Gasteiger partial charge in [0.15, 0.2) is 0 Å². The highest BCUT2D eigenvalue weighted by Gasteiger charge is 2.27. The molecule has 1 saturated heterocycles. The summed E-state index contributed by atoms with van der Waals surface area (Å²) < 4.78 is 0. The third kappa shape index (κ3) is 3.34. The molecule has 1 saturated carbocycles. The number of aromatic amines is 1. The van der Waals surface area contributed by atoms with Crippen LogP contribution in [0.15, 0.2) is 24.3 Å². The summed E-state index contributed by atoms with van der Waals surface area (Å²) in [6.45, 7) is 3.66. The average Bonchev–Trinajstić information content (AvgIpc) is 3.24. The second-order valence-electron chi connectivity index (χ2n) is 6.95. The van der Waals surface area contributed by atoms with Crippen molar-refractivity contribution < 1.29 is 9.90 Å². The summed E-state index contributed by atoms with van der Waals surface area (Å²) in [7, 11) is 0. The normalized spacial score (nSPS) is 20.0. The van der Waals surface area contributed by atoms with Crippen LogP contribution in [0.1, 0.15) is 36.2 Å². The first-order valence-electron chi connectivity index (χ1n) is 8.52. The summed E-state index contributed by atoms with van der Waals surface area (Å²) in [5.74, 6) is 0.0534. The van der Waals surface area contributed by atoms with Crippen LogP contribution in [-0.4, -0.2) is 46.6 Å². The molecule has 0 spiro atoms. The Morgan fingerprint density at radius 3 is 2.70 bits per heavy atom. The predicted molar refractivity (Wildman–Crippen MR) is 91.1 cm³/mol. The van der Waals surface area contributed by atoms with Gasteiger partial charge in [0, 0.05) is 42.3 Å². The SMILES string of the molecule is O=C(O)c1cc2cc(NC3CCN(CC4CC4)CC3)ccc2[nH]1.